The minimum Gasteiger partial charge on any atom is -0.444 e. The second kappa shape index (κ2) is 9.73. The van der Waals surface area contributed by atoms with Crippen molar-refractivity contribution in [2.75, 3.05) is 7.05 Å². The van der Waals surface area contributed by atoms with Gasteiger partial charge in [0, 0.05) is 42.2 Å². The molecule has 2 saturated heterocycles. The molecule has 1 amide bonds. The highest BCUT2D eigenvalue weighted by Crippen LogP contribution is 2.41. The Morgan fingerprint density at radius 1 is 1.16 bits per heavy atom. The number of fused-ring (bicyclic) bond motifs is 2. The average molecular weight is 561 g/mol. The van der Waals surface area contributed by atoms with Gasteiger partial charge in [0.25, 0.3) is 0 Å². The summed E-state index contributed by atoms with van der Waals surface area (Å²) in [6, 6.07) is 9.29. The number of nitrogens with one attached hydrogen (secondary N) is 2. The molecule has 2 bridgehead atoms. The molecule has 2 heterocycles. The topological polar surface area (TPSA) is 66.0 Å². The Bertz CT molecular complexity index is 814. The van der Waals surface area contributed by atoms with Gasteiger partial charge in [0.05, 0.1) is 0 Å². The normalized spacial score (nSPS) is 29.8. The summed E-state index contributed by atoms with van der Waals surface area (Å²) in [5.74, 6) is 1.33. The van der Waals surface area contributed by atoms with Crippen molar-refractivity contribution >= 4 is 47.6 Å². The van der Waals surface area contributed by atoms with E-state index in [1.807, 2.05) is 50.9 Å². The Kier molecular flexibility index (Phi) is 7.66. The van der Waals surface area contributed by atoms with Gasteiger partial charge in [0.2, 0.25) is 0 Å². The maximum Gasteiger partial charge on any atom is 0.410 e. The number of rotatable bonds is 3. The molecule has 0 spiro atoms. The Morgan fingerprint density at radius 3 is 2.42 bits per heavy atom. The van der Waals surface area contributed by atoms with Crippen molar-refractivity contribution in [3.8, 4) is 0 Å². The zero-order chi connectivity index (χ0) is 21.5. The van der Waals surface area contributed by atoms with Gasteiger partial charge in [-0.05, 0) is 70.6 Å². The third-order valence-corrected chi connectivity index (χ3v) is 6.53. The molecule has 1 aromatic carbocycles. The molecule has 8 heteroatoms. The third-order valence-electron chi connectivity index (χ3n) is 6.29. The SMILES string of the molecule is CN=C(NC1CC2CCC(C1)N2C(=O)OC(C)(C)C)NC1CC1c1cccc(Cl)c1.I. The van der Waals surface area contributed by atoms with E-state index in [4.69, 9.17) is 16.3 Å². The molecule has 0 radical (unpaired) electrons. The van der Waals surface area contributed by atoms with Crippen LogP contribution in [0.1, 0.15) is 64.4 Å². The van der Waals surface area contributed by atoms with E-state index in [1.54, 1.807) is 0 Å². The van der Waals surface area contributed by atoms with Gasteiger partial charge in [-0.1, -0.05) is 23.7 Å². The summed E-state index contributed by atoms with van der Waals surface area (Å²) in [6.07, 6.45) is 4.88. The van der Waals surface area contributed by atoms with Crippen LogP contribution in [0.25, 0.3) is 0 Å². The first-order valence-corrected chi connectivity index (χ1v) is 11.4. The lowest BCUT2D eigenvalue weighted by Crippen LogP contribution is -2.55. The Labute approximate surface area is 207 Å². The quantitative estimate of drug-likeness (QED) is 0.313. The summed E-state index contributed by atoms with van der Waals surface area (Å²) in [4.78, 5) is 19.1. The summed E-state index contributed by atoms with van der Waals surface area (Å²) in [7, 11) is 1.82. The highest BCUT2D eigenvalue weighted by molar-refractivity contribution is 14.0. The van der Waals surface area contributed by atoms with Gasteiger partial charge in [-0.15, -0.1) is 24.0 Å². The highest BCUT2D eigenvalue weighted by Gasteiger charge is 2.45. The molecule has 4 atom stereocenters. The number of hydrogen-bond acceptors (Lipinski definition) is 3. The van der Waals surface area contributed by atoms with Crippen molar-refractivity contribution in [3.05, 3.63) is 34.9 Å². The zero-order valence-electron chi connectivity index (χ0n) is 18.7. The summed E-state index contributed by atoms with van der Waals surface area (Å²) < 4.78 is 5.64. The molecule has 31 heavy (non-hydrogen) atoms. The second-order valence-corrected chi connectivity index (χ2v) is 10.2. The molecule has 3 fully saturated rings. The van der Waals surface area contributed by atoms with Crippen molar-refractivity contribution < 1.29 is 9.53 Å². The van der Waals surface area contributed by atoms with Gasteiger partial charge in [0.15, 0.2) is 5.96 Å². The number of aliphatic imine (C=N–C) groups is 1. The first kappa shape index (κ1) is 24.4. The molecule has 4 rings (SSSR count). The smallest absolute Gasteiger partial charge is 0.410 e. The molecule has 2 N–H and O–H groups in total. The van der Waals surface area contributed by atoms with Crippen LogP contribution in [0, 0.1) is 0 Å². The Hall–Kier alpha value is -1.22. The fourth-order valence-electron chi connectivity index (χ4n) is 4.91. The third kappa shape index (κ3) is 5.97. The van der Waals surface area contributed by atoms with Crippen LogP contribution in [0.15, 0.2) is 29.3 Å². The highest BCUT2D eigenvalue weighted by atomic mass is 127. The molecular formula is C23H34ClIN4O2. The maximum atomic E-state index is 12.6. The number of amides is 1. The molecule has 6 nitrogen and oxygen atoms in total. The minimum absolute atomic E-state index is 0. The summed E-state index contributed by atoms with van der Waals surface area (Å²) >= 11 is 6.14. The van der Waals surface area contributed by atoms with Crippen molar-refractivity contribution in [2.45, 2.75) is 88.6 Å². The van der Waals surface area contributed by atoms with E-state index in [-0.39, 0.29) is 42.2 Å². The standard InChI is InChI=1S/C23H33ClN4O2.HI/c1-23(2,3)30-22(29)28-17-8-9-18(28)12-16(11-17)26-21(25-4)27-20-13-19(20)14-6-5-7-15(24)10-14;/h5-7,10,16-20H,8-9,11-13H2,1-4H3,(H2,25,26,27);1H. The number of guanidine groups is 1. The van der Waals surface area contributed by atoms with Crippen LogP contribution in [-0.2, 0) is 4.74 Å². The fourth-order valence-corrected chi connectivity index (χ4v) is 5.11. The minimum atomic E-state index is -0.457. The molecule has 3 aliphatic rings. The maximum absolute atomic E-state index is 12.6. The number of benzene rings is 1. The van der Waals surface area contributed by atoms with Gasteiger partial charge >= 0.3 is 6.09 Å². The largest absolute Gasteiger partial charge is 0.444 e. The van der Waals surface area contributed by atoms with E-state index >= 15 is 0 Å². The van der Waals surface area contributed by atoms with E-state index in [1.165, 1.54) is 5.56 Å². The monoisotopic (exact) mass is 560 g/mol. The molecule has 2 aliphatic heterocycles. The van der Waals surface area contributed by atoms with Gasteiger partial charge in [-0.2, -0.15) is 0 Å². The first-order chi connectivity index (χ1) is 14.2. The van der Waals surface area contributed by atoms with Crippen LogP contribution in [0.2, 0.25) is 5.02 Å². The number of ether oxygens (including phenoxy) is 1. The Balaban J connectivity index is 0.00000272. The van der Waals surface area contributed by atoms with E-state index in [2.05, 4.69) is 21.7 Å². The summed E-state index contributed by atoms with van der Waals surface area (Å²) in [5, 5.41) is 7.95. The molecule has 0 aromatic heterocycles. The van der Waals surface area contributed by atoms with E-state index in [0.717, 1.165) is 43.1 Å². The van der Waals surface area contributed by atoms with Crippen LogP contribution < -0.4 is 10.6 Å². The number of nitrogens with zero attached hydrogens (tertiary/aromatic N) is 2. The zero-order valence-corrected chi connectivity index (χ0v) is 21.8. The van der Waals surface area contributed by atoms with Crippen LogP contribution >= 0.6 is 35.6 Å². The van der Waals surface area contributed by atoms with Crippen LogP contribution in [0.5, 0.6) is 0 Å². The molecule has 1 saturated carbocycles. The molecule has 1 aliphatic carbocycles. The van der Waals surface area contributed by atoms with Gasteiger partial charge in [0.1, 0.15) is 5.60 Å². The average Bonchev–Trinajstić information content (AvgIpc) is 3.37. The Morgan fingerprint density at radius 2 is 1.84 bits per heavy atom. The van der Waals surface area contributed by atoms with Crippen LogP contribution in [0.3, 0.4) is 0 Å². The van der Waals surface area contributed by atoms with Gasteiger partial charge in [-0.3, -0.25) is 4.99 Å². The summed E-state index contributed by atoms with van der Waals surface area (Å²) in [6.45, 7) is 5.77. The van der Waals surface area contributed by atoms with E-state index in [9.17, 15) is 4.79 Å². The van der Waals surface area contributed by atoms with Crippen molar-refractivity contribution in [1.82, 2.24) is 15.5 Å². The number of carbonyl (C=O) groups excluding carboxylic acids is 1. The number of carbonyl (C=O) groups is 1. The van der Waals surface area contributed by atoms with Crippen LogP contribution in [0.4, 0.5) is 4.79 Å². The molecule has 4 unspecified atom stereocenters. The van der Waals surface area contributed by atoms with Crippen molar-refractivity contribution in [1.29, 1.82) is 0 Å². The predicted octanol–water partition coefficient (Wildman–Crippen LogP) is 4.91. The first-order valence-electron chi connectivity index (χ1n) is 11.0. The van der Waals surface area contributed by atoms with Crippen molar-refractivity contribution in [3.63, 3.8) is 0 Å². The van der Waals surface area contributed by atoms with Crippen molar-refractivity contribution in [2.24, 2.45) is 4.99 Å². The van der Waals surface area contributed by atoms with E-state index < -0.39 is 5.60 Å². The van der Waals surface area contributed by atoms with Gasteiger partial charge in [-0.25, -0.2) is 4.79 Å². The predicted molar refractivity (Wildman–Crippen MR) is 136 cm³/mol. The number of piperidine rings is 1. The fraction of sp³-hybridized carbons (Fsp3) is 0.652. The lowest BCUT2D eigenvalue weighted by Gasteiger charge is -2.40. The lowest BCUT2D eigenvalue weighted by molar-refractivity contribution is 0.00545. The second-order valence-electron chi connectivity index (χ2n) is 9.81. The molecule has 172 valence electrons. The molecule has 1 aromatic rings. The van der Waals surface area contributed by atoms with E-state index in [0.29, 0.717) is 18.0 Å². The lowest BCUT2D eigenvalue weighted by atomic mass is 9.98. The summed E-state index contributed by atoms with van der Waals surface area (Å²) in [5.41, 5.74) is 0.820. The molecular weight excluding hydrogens is 527 g/mol. The number of halogens is 2. The number of hydrogen-bond donors (Lipinski definition) is 2. The van der Waals surface area contributed by atoms with Crippen LogP contribution in [-0.4, -0.2) is 53.8 Å². The van der Waals surface area contributed by atoms with Gasteiger partial charge < -0.3 is 20.3 Å².